The van der Waals surface area contributed by atoms with Crippen LogP contribution < -0.4 is 21.8 Å². The van der Waals surface area contributed by atoms with Crippen molar-refractivity contribution < 1.29 is 14.8 Å². The zero-order valence-electron chi connectivity index (χ0n) is 18.0. The molecule has 0 fully saturated rings. The summed E-state index contributed by atoms with van der Waals surface area (Å²) < 4.78 is 0. The van der Waals surface area contributed by atoms with Gasteiger partial charge in [-0.2, -0.15) is 0 Å². The molecule has 2 aromatic heterocycles. The number of para-hydroxylation sites is 1. The maximum atomic E-state index is 11.9. The molecule has 1 amide bonds. The number of aromatic amines is 1. The number of primary amides is 1. The molecule has 5 rings (SSSR count). The van der Waals surface area contributed by atoms with E-state index in [1.54, 1.807) is 30.3 Å². The van der Waals surface area contributed by atoms with Gasteiger partial charge in [-0.3, -0.25) is 4.79 Å². The minimum absolute atomic E-state index is 0.422. The van der Waals surface area contributed by atoms with Crippen LogP contribution in [0.2, 0.25) is 0 Å². The number of nitrogens with one attached hydrogen (secondary N) is 3. The Hall–Kier alpha value is -3.89. The summed E-state index contributed by atoms with van der Waals surface area (Å²) in [6.07, 6.45) is 0.798. The number of carbonyl (C=O) groups is 1. The van der Waals surface area contributed by atoms with E-state index >= 15 is 0 Å². The Balaban J connectivity index is 1.56. The summed E-state index contributed by atoms with van der Waals surface area (Å²) >= 11 is 0. The van der Waals surface area contributed by atoms with Crippen molar-refractivity contribution in [3.63, 3.8) is 0 Å². The van der Waals surface area contributed by atoms with E-state index < -0.39 is 13.0 Å². The molecule has 166 valence electrons. The van der Waals surface area contributed by atoms with Gasteiger partial charge in [0.25, 0.3) is 5.91 Å². The number of nitrogens with zero attached hydrogens (tertiary/aromatic N) is 2. The largest absolute Gasteiger partial charge is 0.488 e. The molecular weight excluding hydrogens is 419 g/mol. The fourth-order valence-corrected chi connectivity index (χ4v) is 4.32. The molecule has 0 aliphatic carbocycles. The van der Waals surface area contributed by atoms with Crippen molar-refractivity contribution in [2.75, 3.05) is 17.2 Å². The third kappa shape index (κ3) is 3.79. The average Bonchev–Trinajstić information content (AvgIpc) is 3.40. The fraction of sp³-hybridized carbons (Fsp3) is 0.174. The van der Waals surface area contributed by atoms with Crippen LogP contribution in [0.25, 0.3) is 22.3 Å². The maximum absolute atomic E-state index is 11.9. The Morgan fingerprint density at radius 2 is 2.03 bits per heavy atom. The molecule has 0 atom stereocenters. The number of hydrogen-bond acceptors (Lipinski definition) is 7. The maximum Gasteiger partial charge on any atom is 0.488 e. The van der Waals surface area contributed by atoms with Gasteiger partial charge in [0.15, 0.2) is 5.82 Å². The van der Waals surface area contributed by atoms with Crippen LogP contribution in [0.3, 0.4) is 0 Å². The number of benzene rings is 2. The van der Waals surface area contributed by atoms with Gasteiger partial charge in [0.1, 0.15) is 11.6 Å². The average molecular weight is 442 g/mol. The number of hydrogen-bond donors (Lipinski definition) is 6. The van der Waals surface area contributed by atoms with Crippen LogP contribution in [0.4, 0.5) is 11.6 Å². The first kappa shape index (κ1) is 21.0. The van der Waals surface area contributed by atoms with Crippen LogP contribution >= 0.6 is 0 Å². The lowest BCUT2D eigenvalue weighted by atomic mass is 9.79. The monoisotopic (exact) mass is 442 g/mol. The molecule has 33 heavy (non-hydrogen) atoms. The van der Waals surface area contributed by atoms with Gasteiger partial charge in [-0.1, -0.05) is 36.4 Å². The number of fused-ring (bicyclic) bond motifs is 2. The van der Waals surface area contributed by atoms with E-state index in [0.717, 1.165) is 52.4 Å². The Kier molecular flexibility index (Phi) is 5.23. The molecule has 2 aromatic carbocycles. The van der Waals surface area contributed by atoms with Gasteiger partial charge in [-0.15, -0.1) is 0 Å². The Labute approximate surface area is 190 Å². The van der Waals surface area contributed by atoms with Crippen molar-refractivity contribution in [2.24, 2.45) is 5.73 Å². The number of rotatable bonds is 6. The molecule has 9 nitrogen and oxygen atoms in total. The lowest BCUT2D eigenvalue weighted by Gasteiger charge is -2.13. The summed E-state index contributed by atoms with van der Waals surface area (Å²) in [5, 5.41) is 26.4. The summed E-state index contributed by atoms with van der Waals surface area (Å²) in [6, 6.07) is 12.5. The van der Waals surface area contributed by atoms with Crippen molar-refractivity contribution in [3.05, 3.63) is 64.8 Å². The zero-order valence-corrected chi connectivity index (χ0v) is 18.0. The highest BCUT2D eigenvalue weighted by Crippen LogP contribution is 2.35. The highest BCUT2D eigenvalue weighted by molar-refractivity contribution is 6.58. The summed E-state index contributed by atoms with van der Waals surface area (Å²) in [5.41, 5.74) is 10.6. The molecule has 1 aliphatic heterocycles. The van der Waals surface area contributed by atoms with Crippen LogP contribution in [0.1, 0.15) is 27.2 Å². The van der Waals surface area contributed by atoms with Crippen molar-refractivity contribution in [2.45, 2.75) is 19.9 Å². The number of nitrogens with two attached hydrogens (primary N) is 1. The fourth-order valence-electron chi connectivity index (χ4n) is 4.32. The lowest BCUT2D eigenvalue weighted by Crippen LogP contribution is -2.30. The topological polar surface area (TPSA) is 149 Å². The van der Waals surface area contributed by atoms with E-state index in [4.69, 9.17) is 15.7 Å². The van der Waals surface area contributed by atoms with Crippen LogP contribution in [0.15, 0.2) is 42.5 Å². The molecule has 4 aromatic rings. The van der Waals surface area contributed by atoms with E-state index in [9.17, 15) is 14.8 Å². The van der Waals surface area contributed by atoms with Crippen molar-refractivity contribution in [1.29, 1.82) is 0 Å². The second-order valence-corrected chi connectivity index (χ2v) is 8.09. The van der Waals surface area contributed by atoms with E-state index in [1.165, 1.54) is 0 Å². The number of aromatic nitrogens is 3. The summed E-state index contributed by atoms with van der Waals surface area (Å²) in [6.45, 7) is 3.15. The molecule has 0 radical (unpaired) electrons. The standard InChI is InChI=1S/C23H23BN6O3/c1-12-18(15-6-3-7-16(20(25)31)19(15)28-12)23-29-21-17(8-9-26-21)22(30-23)27-11-13-4-2-5-14(10-13)24(32)33/h2-7,10,28,32-33H,8-9,11H2,1H3,(H2,25,31)(H2,26,27,29,30). The molecule has 0 spiro atoms. The van der Waals surface area contributed by atoms with Crippen LogP contribution in [0.5, 0.6) is 0 Å². The molecule has 7 N–H and O–H groups in total. The van der Waals surface area contributed by atoms with Crippen molar-refractivity contribution in [1.82, 2.24) is 15.0 Å². The minimum Gasteiger partial charge on any atom is -0.423 e. The molecule has 1 aliphatic rings. The second kappa shape index (κ2) is 8.23. The van der Waals surface area contributed by atoms with Gasteiger partial charge in [0.05, 0.1) is 11.1 Å². The van der Waals surface area contributed by atoms with Crippen LogP contribution in [-0.2, 0) is 13.0 Å². The summed E-state index contributed by atoms with van der Waals surface area (Å²) in [4.78, 5) is 24.8. The quantitative estimate of drug-likeness (QED) is 0.247. The second-order valence-electron chi connectivity index (χ2n) is 8.09. The Morgan fingerprint density at radius 1 is 1.21 bits per heavy atom. The molecule has 0 saturated heterocycles. The Morgan fingerprint density at radius 3 is 2.82 bits per heavy atom. The van der Waals surface area contributed by atoms with E-state index in [2.05, 4.69) is 15.6 Å². The Bertz CT molecular complexity index is 1380. The number of amides is 1. The van der Waals surface area contributed by atoms with Crippen molar-refractivity contribution in [3.8, 4) is 11.4 Å². The number of aryl methyl sites for hydroxylation is 1. The third-order valence-electron chi connectivity index (χ3n) is 5.89. The van der Waals surface area contributed by atoms with Gasteiger partial charge in [-0.25, -0.2) is 9.97 Å². The minimum atomic E-state index is -1.51. The number of H-pyrrole nitrogens is 1. The summed E-state index contributed by atoms with van der Waals surface area (Å²) in [5.74, 6) is 1.54. The molecule has 0 unspecified atom stereocenters. The van der Waals surface area contributed by atoms with Gasteiger partial charge in [0, 0.05) is 35.3 Å². The van der Waals surface area contributed by atoms with Crippen LogP contribution in [0, 0.1) is 6.92 Å². The van der Waals surface area contributed by atoms with Crippen LogP contribution in [-0.4, -0.2) is 44.6 Å². The third-order valence-corrected chi connectivity index (χ3v) is 5.89. The first-order chi connectivity index (χ1) is 15.9. The van der Waals surface area contributed by atoms with Gasteiger partial charge >= 0.3 is 7.12 Å². The molecule has 0 bridgehead atoms. The predicted molar refractivity (Wildman–Crippen MR) is 128 cm³/mol. The molecule has 0 saturated carbocycles. The highest BCUT2D eigenvalue weighted by atomic mass is 16.4. The SMILES string of the molecule is Cc1[nH]c2c(C(N)=O)cccc2c1-c1nc2c(c(NCc3cccc(B(O)O)c3)n1)CCN2. The van der Waals surface area contributed by atoms with Crippen molar-refractivity contribution >= 4 is 41.0 Å². The van der Waals surface area contributed by atoms with Gasteiger partial charge in [-0.05, 0) is 30.4 Å². The first-order valence-corrected chi connectivity index (χ1v) is 10.7. The predicted octanol–water partition coefficient (Wildman–Crippen LogP) is 1.29. The number of carbonyl (C=O) groups excluding carboxylic acids is 1. The summed E-state index contributed by atoms with van der Waals surface area (Å²) in [7, 11) is -1.51. The lowest BCUT2D eigenvalue weighted by molar-refractivity contribution is 0.100. The normalized spacial score (nSPS) is 12.5. The van der Waals surface area contributed by atoms with E-state index in [-0.39, 0.29) is 0 Å². The number of anilines is 2. The smallest absolute Gasteiger partial charge is 0.423 e. The zero-order chi connectivity index (χ0) is 23.1. The van der Waals surface area contributed by atoms with E-state index in [0.29, 0.717) is 28.9 Å². The highest BCUT2D eigenvalue weighted by Gasteiger charge is 2.23. The molecule has 3 heterocycles. The van der Waals surface area contributed by atoms with Gasteiger partial charge < -0.3 is 31.4 Å². The molecule has 10 heteroatoms. The van der Waals surface area contributed by atoms with Gasteiger partial charge in [0.2, 0.25) is 0 Å². The van der Waals surface area contributed by atoms with E-state index in [1.807, 2.05) is 19.1 Å². The first-order valence-electron chi connectivity index (χ1n) is 10.7. The molecular formula is C23H23BN6O3.